The summed E-state index contributed by atoms with van der Waals surface area (Å²) in [5.41, 5.74) is 1.76. The molecule has 7 heteroatoms. The van der Waals surface area contributed by atoms with Gasteiger partial charge in [0, 0.05) is 31.7 Å². The molecule has 0 radical (unpaired) electrons. The van der Waals surface area contributed by atoms with Crippen LogP contribution in [0.3, 0.4) is 0 Å². The third-order valence-corrected chi connectivity index (χ3v) is 4.71. The first-order chi connectivity index (χ1) is 13.6. The minimum Gasteiger partial charge on any atom is -0.497 e. The first kappa shape index (κ1) is 19.7. The van der Waals surface area contributed by atoms with Crippen molar-refractivity contribution < 1.29 is 19.4 Å². The summed E-state index contributed by atoms with van der Waals surface area (Å²) in [6.07, 6.45) is 0.246. The molecular formula is C21H25N3O4. The number of nitrogens with zero attached hydrogens (tertiary/aromatic N) is 2. The Balaban J connectivity index is 1.61. The molecule has 0 spiro atoms. The lowest BCUT2D eigenvalue weighted by atomic mass is 10.2. The Labute approximate surface area is 164 Å². The maximum Gasteiger partial charge on any atom is 0.318 e. The number of carbonyl (C=O) groups excluding carboxylic acids is 2. The lowest BCUT2D eigenvalue weighted by Gasteiger charge is -2.24. The molecule has 1 aliphatic rings. The number of anilines is 1. The Kier molecular flexibility index (Phi) is 6.49. The number of benzene rings is 2. The largest absolute Gasteiger partial charge is 0.497 e. The molecule has 1 heterocycles. The standard InChI is InChI=1S/C21H25N3O4/c1-28-19-9-7-18(8-10-19)24-15-17(13-20(24)26)22-21(27)23(11-12-25)14-16-5-3-2-4-6-16/h2-10,17,25H,11-15H2,1H3,(H,22,27). The van der Waals surface area contributed by atoms with Gasteiger partial charge in [0.25, 0.3) is 0 Å². The molecule has 3 rings (SSSR count). The van der Waals surface area contributed by atoms with Gasteiger partial charge in [-0.2, -0.15) is 0 Å². The highest BCUT2D eigenvalue weighted by Gasteiger charge is 2.32. The van der Waals surface area contributed by atoms with Crippen LogP contribution in [0.25, 0.3) is 0 Å². The van der Waals surface area contributed by atoms with E-state index in [0.717, 1.165) is 17.0 Å². The van der Waals surface area contributed by atoms with Gasteiger partial charge in [0.1, 0.15) is 5.75 Å². The average Bonchev–Trinajstić information content (AvgIpc) is 3.08. The smallest absolute Gasteiger partial charge is 0.318 e. The number of aliphatic hydroxyl groups excluding tert-OH is 1. The Bertz CT molecular complexity index is 795. The highest BCUT2D eigenvalue weighted by molar-refractivity contribution is 5.96. The molecule has 28 heavy (non-hydrogen) atoms. The number of amides is 3. The van der Waals surface area contributed by atoms with Crippen molar-refractivity contribution in [3.8, 4) is 5.75 Å². The van der Waals surface area contributed by atoms with Crippen molar-refractivity contribution in [2.45, 2.75) is 19.0 Å². The van der Waals surface area contributed by atoms with Gasteiger partial charge in [-0.25, -0.2) is 4.79 Å². The molecule has 0 saturated carbocycles. The zero-order valence-corrected chi connectivity index (χ0v) is 15.9. The van der Waals surface area contributed by atoms with Crippen LogP contribution in [0.15, 0.2) is 54.6 Å². The highest BCUT2D eigenvalue weighted by Crippen LogP contribution is 2.24. The number of ether oxygens (including phenoxy) is 1. The third kappa shape index (κ3) is 4.80. The fraction of sp³-hybridized carbons (Fsp3) is 0.333. The lowest BCUT2D eigenvalue weighted by Crippen LogP contribution is -2.46. The van der Waals surface area contributed by atoms with Crippen molar-refractivity contribution >= 4 is 17.6 Å². The van der Waals surface area contributed by atoms with Crippen LogP contribution in [0.5, 0.6) is 5.75 Å². The van der Waals surface area contributed by atoms with Gasteiger partial charge in [-0.3, -0.25) is 4.79 Å². The normalized spacial score (nSPS) is 16.1. The number of hydrogen-bond donors (Lipinski definition) is 2. The SMILES string of the molecule is COc1ccc(N2CC(NC(=O)N(CCO)Cc3ccccc3)CC2=O)cc1. The number of hydrogen-bond acceptors (Lipinski definition) is 4. The summed E-state index contributed by atoms with van der Waals surface area (Å²) in [5, 5.41) is 12.2. The summed E-state index contributed by atoms with van der Waals surface area (Å²) in [6.45, 7) is 0.913. The quantitative estimate of drug-likeness (QED) is 0.766. The molecule has 0 bridgehead atoms. The van der Waals surface area contributed by atoms with Crippen LogP contribution >= 0.6 is 0 Å². The fourth-order valence-electron chi connectivity index (χ4n) is 3.26. The van der Waals surface area contributed by atoms with Crippen molar-refractivity contribution in [2.24, 2.45) is 0 Å². The molecule has 3 amide bonds. The molecule has 0 aliphatic carbocycles. The summed E-state index contributed by atoms with van der Waals surface area (Å²) < 4.78 is 5.14. The van der Waals surface area contributed by atoms with Gasteiger partial charge >= 0.3 is 6.03 Å². The predicted molar refractivity (Wildman–Crippen MR) is 106 cm³/mol. The monoisotopic (exact) mass is 383 g/mol. The van der Waals surface area contributed by atoms with Gasteiger partial charge in [0.15, 0.2) is 0 Å². The van der Waals surface area contributed by atoms with E-state index < -0.39 is 0 Å². The zero-order chi connectivity index (χ0) is 19.9. The zero-order valence-electron chi connectivity index (χ0n) is 15.9. The van der Waals surface area contributed by atoms with E-state index in [9.17, 15) is 14.7 Å². The van der Waals surface area contributed by atoms with E-state index in [1.54, 1.807) is 29.0 Å². The van der Waals surface area contributed by atoms with Crippen LogP contribution in [-0.2, 0) is 11.3 Å². The Morgan fingerprint density at radius 2 is 1.93 bits per heavy atom. The van der Waals surface area contributed by atoms with Gasteiger partial charge in [0.2, 0.25) is 5.91 Å². The highest BCUT2D eigenvalue weighted by atomic mass is 16.5. The van der Waals surface area contributed by atoms with Crippen LogP contribution < -0.4 is 15.0 Å². The van der Waals surface area contributed by atoms with Crippen molar-refractivity contribution in [1.29, 1.82) is 0 Å². The van der Waals surface area contributed by atoms with Crippen molar-refractivity contribution in [2.75, 3.05) is 31.7 Å². The fourth-order valence-corrected chi connectivity index (χ4v) is 3.26. The molecule has 1 fully saturated rings. The molecule has 2 aromatic rings. The average molecular weight is 383 g/mol. The number of urea groups is 1. The molecule has 1 aliphatic heterocycles. The first-order valence-electron chi connectivity index (χ1n) is 9.25. The first-order valence-corrected chi connectivity index (χ1v) is 9.25. The van der Waals surface area contributed by atoms with Gasteiger partial charge in [-0.05, 0) is 29.8 Å². The van der Waals surface area contributed by atoms with E-state index in [1.807, 2.05) is 42.5 Å². The van der Waals surface area contributed by atoms with E-state index in [1.165, 1.54) is 0 Å². The van der Waals surface area contributed by atoms with Gasteiger partial charge in [-0.15, -0.1) is 0 Å². The van der Waals surface area contributed by atoms with E-state index in [2.05, 4.69) is 5.32 Å². The lowest BCUT2D eigenvalue weighted by molar-refractivity contribution is -0.117. The molecule has 148 valence electrons. The van der Waals surface area contributed by atoms with E-state index in [-0.39, 0.29) is 37.6 Å². The van der Waals surface area contributed by atoms with Crippen molar-refractivity contribution in [1.82, 2.24) is 10.2 Å². The molecule has 1 unspecified atom stereocenters. The van der Waals surface area contributed by atoms with Crippen LogP contribution in [0.2, 0.25) is 0 Å². The van der Waals surface area contributed by atoms with E-state index >= 15 is 0 Å². The Morgan fingerprint density at radius 1 is 1.21 bits per heavy atom. The summed E-state index contributed by atoms with van der Waals surface area (Å²) in [7, 11) is 1.59. The van der Waals surface area contributed by atoms with Crippen LogP contribution in [0, 0.1) is 0 Å². The molecular weight excluding hydrogens is 358 g/mol. The molecule has 1 saturated heterocycles. The van der Waals surface area contributed by atoms with Crippen molar-refractivity contribution in [3.05, 3.63) is 60.2 Å². The number of aliphatic hydroxyl groups is 1. The minimum atomic E-state index is -0.285. The van der Waals surface area contributed by atoms with Crippen LogP contribution in [-0.4, -0.2) is 54.8 Å². The minimum absolute atomic E-state index is 0.0350. The van der Waals surface area contributed by atoms with Gasteiger partial charge in [-0.1, -0.05) is 30.3 Å². The number of carbonyl (C=O) groups is 2. The molecule has 1 atom stereocenters. The van der Waals surface area contributed by atoms with Crippen LogP contribution in [0.4, 0.5) is 10.5 Å². The number of rotatable bonds is 7. The second-order valence-electron chi connectivity index (χ2n) is 6.68. The molecule has 0 aromatic heterocycles. The summed E-state index contributed by atoms with van der Waals surface area (Å²) in [5.74, 6) is 0.688. The summed E-state index contributed by atoms with van der Waals surface area (Å²) in [6, 6.07) is 16.3. The third-order valence-electron chi connectivity index (χ3n) is 4.71. The Morgan fingerprint density at radius 3 is 2.57 bits per heavy atom. The maximum absolute atomic E-state index is 12.7. The van der Waals surface area contributed by atoms with Crippen molar-refractivity contribution in [3.63, 3.8) is 0 Å². The van der Waals surface area contributed by atoms with Crippen LogP contribution in [0.1, 0.15) is 12.0 Å². The Hall–Kier alpha value is -3.06. The van der Waals surface area contributed by atoms with E-state index in [0.29, 0.717) is 13.1 Å². The molecule has 7 nitrogen and oxygen atoms in total. The van der Waals surface area contributed by atoms with Gasteiger partial charge < -0.3 is 25.0 Å². The van der Waals surface area contributed by atoms with Gasteiger partial charge in [0.05, 0.1) is 19.8 Å². The predicted octanol–water partition coefficient (Wildman–Crippen LogP) is 2.00. The molecule has 2 N–H and O–H groups in total. The second-order valence-corrected chi connectivity index (χ2v) is 6.68. The topological polar surface area (TPSA) is 82.1 Å². The molecule has 2 aromatic carbocycles. The second kappa shape index (κ2) is 9.23. The summed E-state index contributed by atoms with van der Waals surface area (Å²) in [4.78, 5) is 28.3. The summed E-state index contributed by atoms with van der Waals surface area (Å²) >= 11 is 0. The number of methoxy groups -OCH3 is 1. The maximum atomic E-state index is 12.7. The number of nitrogens with one attached hydrogen (secondary N) is 1. The van der Waals surface area contributed by atoms with E-state index in [4.69, 9.17) is 4.74 Å².